The van der Waals surface area contributed by atoms with Gasteiger partial charge < -0.3 is 15.5 Å². The number of nitrogens with zero attached hydrogens (tertiary/aromatic N) is 5. The van der Waals surface area contributed by atoms with Crippen LogP contribution in [-0.4, -0.2) is 30.6 Å². The SMILES string of the molecule is CC(C)(C)c1ccnc(NC(=O)Nc2ccc(-c3c(-c4cnco4)cn4ncnc(N)c34)cc2)c1. The third-order valence-corrected chi connectivity index (χ3v) is 5.60. The molecule has 10 nitrogen and oxygen atoms in total. The third-order valence-electron chi connectivity index (χ3n) is 5.60. The molecule has 4 heterocycles. The lowest BCUT2D eigenvalue weighted by atomic mass is 9.88. The molecule has 0 fully saturated rings. The second-order valence-corrected chi connectivity index (χ2v) is 9.06. The van der Waals surface area contributed by atoms with Gasteiger partial charge in [-0.15, -0.1) is 0 Å². The predicted molar refractivity (Wildman–Crippen MR) is 134 cm³/mol. The van der Waals surface area contributed by atoms with E-state index in [1.807, 2.05) is 42.6 Å². The van der Waals surface area contributed by atoms with Crippen molar-refractivity contribution < 1.29 is 9.21 Å². The molecular formula is C25H24N8O2. The van der Waals surface area contributed by atoms with E-state index in [-0.39, 0.29) is 11.4 Å². The van der Waals surface area contributed by atoms with E-state index in [1.165, 1.54) is 12.7 Å². The van der Waals surface area contributed by atoms with Crippen molar-refractivity contribution in [2.45, 2.75) is 26.2 Å². The molecule has 0 saturated heterocycles. The van der Waals surface area contributed by atoms with Gasteiger partial charge >= 0.3 is 6.03 Å². The van der Waals surface area contributed by atoms with Crippen LogP contribution in [0.3, 0.4) is 0 Å². The van der Waals surface area contributed by atoms with Crippen LogP contribution in [0.15, 0.2) is 72.1 Å². The molecule has 0 saturated carbocycles. The summed E-state index contributed by atoms with van der Waals surface area (Å²) < 4.78 is 7.19. The number of hydrogen-bond acceptors (Lipinski definition) is 7. The number of rotatable bonds is 4. The van der Waals surface area contributed by atoms with Crippen LogP contribution >= 0.6 is 0 Å². The molecule has 0 aliphatic heterocycles. The van der Waals surface area contributed by atoms with Gasteiger partial charge in [0.2, 0.25) is 0 Å². The largest absolute Gasteiger partial charge is 0.443 e. The minimum Gasteiger partial charge on any atom is -0.443 e. The topological polar surface area (TPSA) is 136 Å². The third kappa shape index (κ3) is 4.41. The highest BCUT2D eigenvalue weighted by Gasteiger charge is 2.20. The fourth-order valence-electron chi connectivity index (χ4n) is 3.83. The number of hydrogen-bond donors (Lipinski definition) is 3. The highest BCUT2D eigenvalue weighted by Crippen LogP contribution is 2.38. The Morgan fingerprint density at radius 2 is 1.89 bits per heavy atom. The summed E-state index contributed by atoms with van der Waals surface area (Å²) in [4.78, 5) is 25.0. The number of carbonyl (C=O) groups is 1. The first kappa shape index (κ1) is 22.1. The van der Waals surface area contributed by atoms with Crippen LogP contribution in [-0.2, 0) is 5.41 Å². The molecule has 0 spiro atoms. The summed E-state index contributed by atoms with van der Waals surface area (Å²) in [5, 5.41) is 9.90. The maximum Gasteiger partial charge on any atom is 0.324 e. The van der Waals surface area contributed by atoms with Crippen molar-refractivity contribution in [3.8, 4) is 22.5 Å². The smallest absolute Gasteiger partial charge is 0.324 e. The quantitative estimate of drug-likeness (QED) is 0.339. The van der Waals surface area contributed by atoms with Gasteiger partial charge in [0.05, 0.1) is 6.20 Å². The van der Waals surface area contributed by atoms with Gasteiger partial charge in [-0.3, -0.25) is 5.32 Å². The van der Waals surface area contributed by atoms with Crippen molar-refractivity contribution in [3.63, 3.8) is 0 Å². The number of pyridine rings is 1. The van der Waals surface area contributed by atoms with Crippen LogP contribution in [0.4, 0.5) is 22.1 Å². The molecule has 0 radical (unpaired) electrons. The van der Waals surface area contributed by atoms with Crippen molar-refractivity contribution >= 4 is 28.9 Å². The maximum atomic E-state index is 12.6. The minimum absolute atomic E-state index is 0.0477. The molecule has 10 heteroatoms. The number of aromatic nitrogens is 5. The molecule has 2 amide bonds. The Bertz CT molecular complexity index is 1500. The van der Waals surface area contributed by atoms with Crippen molar-refractivity contribution in [2.75, 3.05) is 16.4 Å². The van der Waals surface area contributed by atoms with Crippen molar-refractivity contribution in [1.82, 2.24) is 24.6 Å². The molecule has 5 rings (SSSR count). The van der Waals surface area contributed by atoms with E-state index in [1.54, 1.807) is 16.9 Å². The average molecular weight is 469 g/mol. The summed E-state index contributed by atoms with van der Waals surface area (Å²) in [7, 11) is 0. The number of carbonyl (C=O) groups excluding carboxylic acids is 1. The Balaban J connectivity index is 1.40. The normalized spacial score (nSPS) is 11.5. The molecule has 4 N–H and O–H groups in total. The van der Waals surface area contributed by atoms with Gasteiger partial charge in [0.1, 0.15) is 17.7 Å². The first-order valence-electron chi connectivity index (χ1n) is 11.0. The summed E-state index contributed by atoms with van der Waals surface area (Å²) in [5.41, 5.74) is 10.9. The molecule has 5 aromatic rings. The number of nitrogen functional groups attached to an aromatic ring is 1. The van der Waals surface area contributed by atoms with E-state index in [2.05, 4.69) is 51.5 Å². The van der Waals surface area contributed by atoms with Crippen LogP contribution in [0.1, 0.15) is 26.3 Å². The number of amides is 2. The summed E-state index contributed by atoms with van der Waals surface area (Å²) >= 11 is 0. The molecule has 0 aliphatic carbocycles. The van der Waals surface area contributed by atoms with Gasteiger partial charge in [0.25, 0.3) is 0 Å². The standard InChI is InChI=1S/C25H24N8O2/c1-25(2,3)16-8-9-28-20(10-16)32-24(34)31-17-6-4-15(5-7-17)21-18(19-11-27-14-35-19)12-33-22(21)23(26)29-13-30-33/h4-14H,1-3H3,(H2,26,29,30)(H2,28,31,32,34). The second-order valence-electron chi connectivity index (χ2n) is 9.06. The lowest BCUT2D eigenvalue weighted by Crippen LogP contribution is -2.21. The van der Waals surface area contributed by atoms with E-state index in [9.17, 15) is 4.79 Å². The zero-order valence-corrected chi connectivity index (χ0v) is 19.5. The number of oxazole rings is 1. The summed E-state index contributed by atoms with van der Waals surface area (Å²) in [6, 6.07) is 10.8. The van der Waals surface area contributed by atoms with E-state index in [4.69, 9.17) is 10.2 Å². The number of fused-ring (bicyclic) bond motifs is 1. The first-order chi connectivity index (χ1) is 16.8. The Labute approximate surface area is 201 Å². The lowest BCUT2D eigenvalue weighted by Gasteiger charge is -2.19. The maximum absolute atomic E-state index is 12.6. The average Bonchev–Trinajstić information content (AvgIpc) is 3.48. The molecule has 176 valence electrons. The van der Waals surface area contributed by atoms with Crippen LogP contribution in [0.2, 0.25) is 0 Å². The molecule has 35 heavy (non-hydrogen) atoms. The van der Waals surface area contributed by atoms with Crippen LogP contribution < -0.4 is 16.4 Å². The lowest BCUT2D eigenvalue weighted by molar-refractivity contribution is 0.262. The minimum atomic E-state index is -0.384. The summed E-state index contributed by atoms with van der Waals surface area (Å²) in [6.07, 6.45) is 7.91. The van der Waals surface area contributed by atoms with Crippen LogP contribution in [0.5, 0.6) is 0 Å². The Morgan fingerprint density at radius 3 is 2.60 bits per heavy atom. The molecule has 0 atom stereocenters. The number of urea groups is 1. The van der Waals surface area contributed by atoms with E-state index < -0.39 is 0 Å². The van der Waals surface area contributed by atoms with E-state index >= 15 is 0 Å². The van der Waals surface area contributed by atoms with Crippen LogP contribution in [0.25, 0.3) is 28.0 Å². The highest BCUT2D eigenvalue weighted by atomic mass is 16.3. The number of nitrogens with one attached hydrogen (secondary N) is 2. The molecule has 4 aromatic heterocycles. The van der Waals surface area contributed by atoms with Gasteiger partial charge in [-0.2, -0.15) is 5.10 Å². The monoisotopic (exact) mass is 468 g/mol. The molecular weight excluding hydrogens is 444 g/mol. The molecule has 0 unspecified atom stereocenters. The van der Waals surface area contributed by atoms with Gasteiger partial charge in [0, 0.05) is 29.2 Å². The first-order valence-corrected chi connectivity index (χ1v) is 11.0. The van der Waals surface area contributed by atoms with Gasteiger partial charge in [0.15, 0.2) is 18.0 Å². The van der Waals surface area contributed by atoms with E-state index in [0.29, 0.717) is 28.6 Å². The highest BCUT2D eigenvalue weighted by molar-refractivity contribution is 6.00. The zero-order valence-electron chi connectivity index (χ0n) is 19.5. The number of benzene rings is 1. The van der Waals surface area contributed by atoms with E-state index in [0.717, 1.165) is 22.3 Å². The second kappa shape index (κ2) is 8.56. The zero-order chi connectivity index (χ0) is 24.6. The number of nitrogens with two attached hydrogens (primary N) is 1. The predicted octanol–water partition coefficient (Wildman–Crippen LogP) is 4.97. The molecule has 0 bridgehead atoms. The summed E-state index contributed by atoms with van der Waals surface area (Å²) in [6.45, 7) is 6.32. The van der Waals surface area contributed by atoms with Crippen molar-refractivity contribution in [3.05, 3.63) is 73.3 Å². The van der Waals surface area contributed by atoms with Gasteiger partial charge in [-0.05, 0) is 40.8 Å². The van der Waals surface area contributed by atoms with Crippen LogP contribution in [0, 0.1) is 0 Å². The van der Waals surface area contributed by atoms with Gasteiger partial charge in [-0.1, -0.05) is 32.9 Å². The van der Waals surface area contributed by atoms with Gasteiger partial charge in [-0.25, -0.2) is 24.3 Å². The fraction of sp³-hybridized carbons (Fsp3) is 0.160. The number of anilines is 3. The fourth-order valence-corrected chi connectivity index (χ4v) is 3.83. The molecule has 1 aromatic carbocycles. The molecule has 0 aliphatic rings. The Hall–Kier alpha value is -4.73. The summed E-state index contributed by atoms with van der Waals surface area (Å²) in [5.74, 6) is 1.41. The Morgan fingerprint density at radius 1 is 1.09 bits per heavy atom. The Kier molecular flexibility index (Phi) is 5.40. The van der Waals surface area contributed by atoms with Crippen molar-refractivity contribution in [1.29, 1.82) is 0 Å². The van der Waals surface area contributed by atoms with Crippen molar-refractivity contribution in [2.24, 2.45) is 0 Å².